The number of nitriles is 1. The van der Waals surface area contributed by atoms with Crippen molar-refractivity contribution in [2.45, 2.75) is 6.10 Å². The summed E-state index contributed by atoms with van der Waals surface area (Å²) in [6.45, 7) is 0.933. The zero-order valence-electron chi connectivity index (χ0n) is 9.31. The fourth-order valence-electron chi connectivity index (χ4n) is 1.66. The number of nitro groups is 1. The molecule has 1 aromatic rings. The largest absolute Gasteiger partial charge is 0.368 e. The quantitative estimate of drug-likeness (QED) is 0.558. The van der Waals surface area contributed by atoms with E-state index in [1.54, 1.807) is 4.90 Å². The number of anilines is 2. The summed E-state index contributed by atoms with van der Waals surface area (Å²) in [7, 11) is 0. The van der Waals surface area contributed by atoms with E-state index < -0.39 is 11.0 Å². The molecule has 2 heterocycles. The molecule has 1 unspecified atom stereocenters. The van der Waals surface area contributed by atoms with Crippen molar-refractivity contribution >= 4 is 17.5 Å². The van der Waals surface area contributed by atoms with E-state index >= 15 is 0 Å². The van der Waals surface area contributed by atoms with Gasteiger partial charge in [-0.15, -0.1) is 0 Å². The molecule has 0 radical (unpaired) electrons. The van der Waals surface area contributed by atoms with E-state index in [4.69, 9.17) is 15.7 Å². The minimum absolute atomic E-state index is 0.0457. The molecule has 0 amide bonds. The Hall–Kier alpha value is -2.47. The molecule has 9 nitrogen and oxygen atoms in total. The second kappa shape index (κ2) is 4.80. The summed E-state index contributed by atoms with van der Waals surface area (Å²) in [6.07, 6.45) is 0.434. The van der Waals surface area contributed by atoms with Crippen molar-refractivity contribution in [1.82, 2.24) is 9.97 Å². The molecule has 0 aromatic carbocycles. The fourth-order valence-corrected chi connectivity index (χ4v) is 1.66. The number of nitrogen functional groups attached to an aromatic ring is 1. The van der Waals surface area contributed by atoms with E-state index in [1.807, 2.05) is 6.07 Å². The number of morpholine rings is 1. The lowest BCUT2D eigenvalue weighted by Gasteiger charge is -2.30. The van der Waals surface area contributed by atoms with Crippen molar-refractivity contribution in [3.05, 3.63) is 16.3 Å². The van der Waals surface area contributed by atoms with Crippen LogP contribution in [0.4, 0.5) is 17.5 Å². The van der Waals surface area contributed by atoms with Crippen molar-refractivity contribution in [1.29, 1.82) is 5.26 Å². The molecular formula is C9H10N6O3. The monoisotopic (exact) mass is 250 g/mol. The van der Waals surface area contributed by atoms with Crippen molar-refractivity contribution in [3.8, 4) is 6.07 Å². The van der Waals surface area contributed by atoms with E-state index in [9.17, 15) is 10.1 Å². The van der Waals surface area contributed by atoms with Crippen LogP contribution in [-0.4, -0.2) is 40.7 Å². The molecular weight excluding hydrogens is 240 g/mol. The molecule has 0 bridgehead atoms. The predicted molar refractivity (Wildman–Crippen MR) is 60.7 cm³/mol. The summed E-state index contributed by atoms with van der Waals surface area (Å²) < 4.78 is 5.16. The molecule has 1 saturated heterocycles. The van der Waals surface area contributed by atoms with Crippen LogP contribution >= 0.6 is 0 Å². The van der Waals surface area contributed by atoms with Gasteiger partial charge < -0.3 is 15.4 Å². The minimum atomic E-state index is -0.630. The highest BCUT2D eigenvalue weighted by molar-refractivity contribution is 5.58. The van der Waals surface area contributed by atoms with Crippen LogP contribution < -0.4 is 10.6 Å². The highest BCUT2D eigenvalue weighted by Crippen LogP contribution is 2.26. The topological polar surface area (TPSA) is 131 Å². The molecule has 18 heavy (non-hydrogen) atoms. The van der Waals surface area contributed by atoms with E-state index in [0.717, 1.165) is 6.20 Å². The number of hydrogen-bond donors (Lipinski definition) is 1. The Morgan fingerprint density at radius 3 is 3.17 bits per heavy atom. The SMILES string of the molecule is N#CC1CN(c2nc(N)ncc2[N+](=O)[O-])CCO1. The number of hydrogen-bond acceptors (Lipinski definition) is 8. The second-order valence-electron chi connectivity index (χ2n) is 3.63. The number of aromatic nitrogens is 2. The van der Waals surface area contributed by atoms with Crippen LogP contribution in [0, 0.1) is 21.4 Å². The first-order valence-electron chi connectivity index (χ1n) is 5.15. The maximum absolute atomic E-state index is 10.9. The molecule has 1 aliphatic rings. The van der Waals surface area contributed by atoms with Gasteiger partial charge in [0.1, 0.15) is 6.20 Å². The van der Waals surface area contributed by atoms with Crippen LogP contribution in [0.3, 0.4) is 0 Å². The lowest BCUT2D eigenvalue weighted by Crippen LogP contribution is -2.42. The van der Waals surface area contributed by atoms with Gasteiger partial charge in [-0.3, -0.25) is 10.1 Å². The van der Waals surface area contributed by atoms with Crippen LogP contribution in [0.2, 0.25) is 0 Å². The van der Waals surface area contributed by atoms with Crippen LogP contribution in [0.25, 0.3) is 0 Å². The van der Waals surface area contributed by atoms with Gasteiger partial charge in [-0.25, -0.2) is 4.98 Å². The second-order valence-corrected chi connectivity index (χ2v) is 3.63. The molecule has 1 aromatic heterocycles. The Morgan fingerprint density at radius 1 is 1.72 bits per heavy atom. The van der Waals surface area contributed by atoms with Crippen molar-refractivity contribution in [2.75, 3.05) is 30.3 Å². The average Bonchev–Trinajstić information content (AvgIpc) is 2.38. The van der Waals surface area contributed by atoms with Crippen LogP contribution in [0.1, 0.15) is 0 Å². The molecule has 94 valence electrons. The Labute approximate surface area is 102 Å². The highest BCUT2D eigenvalue weighted by Gasteiger charge is 2.27. The lowest BCUT2D eigenvalue weighted by molar-refractivity contribution is -0.384. The first kappa shape index (κ1) is 12.0. The van der Waals surface area contributed by atoms with Gasteiger partial charge in [-0.05, 0) is 0 Å². The van der Waals surface area contributed by atoms with Gasteiger partial charge in [0.15, 0.2) is 6.10 Å². The average molecular weight is 250 g/mol. The molecule has 0 spiro atoms. The Bertz CT molecular complexity index is 514. The first-order chi connectivity index (χ1) is 8.61. The third-order valence-electron chi connectivity index (χ3n) is 2.48. The summed E-state index contributed by atoms with van der Waals surface area (Å²) in [5.41, 5.74) is 5.20. The number of rotatable bonds is 2. The van der Waals surface area contributed by atoms with Crippen molar-refractivity contribution in [3.63, 3.8) is 0 Å². The van der Waals surface area contributed by atoms with Gasteiger partial charge in [-0.1, -0.05) is 0 Å². The zero-order valence-corrected chi connectivity index (χ0v) is 9.31. The third-order valence-corrected chi connectivity index (χ3v) is 2.48. The fraction of sp³-hybridized carbons (Fsp3) is 0.444. The normalized spacial score (nSPS) is 19.3. The van der Waals surface area contributed by atoms with Gasteiger partial charge in [0.2, 0.25) is 11.8 Å². The summed E-state index contributed by atoms with van der Waals surface area (Å²) in [5.74, 6) is 0.0756. The first-order valence-corrected chi connectivity index (χ1v) is 5.15. The summed E-state index contributed by atoms with van der Waals surface area (Å²) in [5, 5.41) is 19.7. The molecule has 1 aliphatic heterocycles. The van der Waals surface area contributed by atoms with Gasteiger partial charge in [-0.2, -0.15) is 10.2 Å². The van der Waals surface area contributed by atoms with E-state index in [0.29, 0.717) is 13.2 Å². The highest BCUT2D eigenvalue weighted by atomic mass is 16.6. The van der Waals surface area contributed by atoms with Gasteiger partial charge in [0, 0.05) is 6.54 Å². The Balaban J connectivity index is 2.34. The standard InChI is InChI=1S/C9H10N6O3/c10-3-6-5-14(1-2-18-6)8-7(15(16)17)4-12-9(11)13-8/h4,6H,1-2,5H2,(H2,11,12,13). The van der Waals surface area contributed by atoms with E-state index in [2.05, 4.69) is 9.97 Å². The van der Waals surface area contributed by atoms with Gasteiger partial charge in [0.05, 0.1) is 24.1 Å². The van der Waals surface area contributed by atoms with E-state index in [1.165, 1.54) is 0 Å². The lowest BCUT2D eigenvalue weighted by atomic mass is 10.3. The van der Waals surface area contributed by atoms with Gasteiger partial charge in [0.25, 0.3) is 0 Å². The van der Waals surface area contributed by atoms with E-state index in [-0.39, 0.29) is 24.0 Å². The van der Waals surface area contributed by atoms with Crippen molar-refractivity contribution in [2.24, 2.45) is 0 Å². The maximum Gasteiger partial charge on any atom is 0.329 e. The summed E-state index contributed by atoms with van der Waals surface area (Å²) in [4.78, 5) is 19.4. The molecule has 9 heteroatoms. The number of nitrogens with zero attached hydrogens (tertiary/aromatic N) is 5. The number of nitrogens with two attached hydrogens (primary N) is 1. The van der Waals surface area contributed by atoms with Gasteiger partial charge >= 0.3 is 5.69 Å². The third kappa shape index (κ3) is 2.28. The molecule has 0 aliphatic carbocycles. The minimum Gasteiger partial charge on any atom is -0.368 e. The molecule has 2 rings (SSSR count). The smallest absolute Gasteiger partial charge is 0.329 e. The molecule has 2 N–H and O–H groups in total. The summed E-state index contributed by atoms with van der Waals surface area (Å²) in [6, 6.07) is 1.96. The number of ether oxygens (including phenoxy) is 1. The maximum atomic E-state index is 10.9. The zero-order chi connectivity index (χ0) is 13.1. The Morgan fingerprint density at radius 2 is 2.50 bits per heavy atom. The van der Waals surface area contributed by atoms with Crippen LogP contribution in [0.5, 0.6) is 0 Å². The van der Waals surface area contributed by atoms with Crippen LogP contribution in [-0.2, 0) is 4.74 Å². The molecule has 1 fully saturated rings. The predicted octanol–water partition coefficient (Wildman–Crippen LogP) is -0.304. The Kier molecular flexibility index (Phi) is 3.20. The summed E-state index contributed by atoms with van der Waals surface area (Å²) >= 11 is 0. The van der Waals surface area contributed by atoms with Crippen molar-refractivity contribution < 1.29 is 9.66 Å². The molecule has 0 saturated carbocycles. The molecule has 1 atom stereocenters. The van der Waals surface area contributed by atoms with Crippen LogP contribution in [0.15, 0.2) is 6.20 Å².